The molecule has 0 aliphatic heterocycles. The zero-order valence-electron chi connectivity index (χ0n) is 9.80. The second-order valence-electron chi connectivity index (χ2n) is 3.99. The van der Waals surface area contributed by atoms with Crippen LogP contribution >= 0.6 is 0 Å². The fourth-order valence-corrected chi connectivity index (χ4v) is 1.71. The van der Waals surface area contributed by atoms with Gasteiger partial charge in [-0.2, -0.15) is 0 Å². The Bertz CT molecular complexity index is 453. The van der Waals surface area contributed by atoms with Gasteiger partial charge in [0.2, 0.25) is 0 Å². The maximum Gasteiger partial charge on any atom is 0.0717 e. The van der Waals surface area contributed by atoms with E-state index in [9.17, 15) is 0 Å². The Balaban J connectivity index is 1.76. The Hall–Kier alpha value is -1.80. The van der Waals surface area contributed by atoms with Gasteiger partial charge in [0.05, 0.1) is 13.2 Å². The summed E-state index contributed by atoms with van der Waals surface area (Å²) in [5.41, 5.74) is 9.06. The third-order valence-corrected chi connectivity index (χ3v) is 2.68. The van der Waals surface area contributed by atoms with Gasteiger partial charge in [0.1, 0.15) is 0 Å². The largest absolute Gasteiger partial charge is 0.399 e. The smallest absolute Gasteiger partial charge is 0.0717 e. The first-order valence-corrected chi connectivity index (χ1v) is 5.81. The van der Waals surface area contributed by atoms with Crippen molar-refractivity contribution in [2.75, 3.05) is 12.3 Å². The molecule has 2 aromatic carbocycles. The minimum Gasteiger partial charge on any atom is -0.399 e. The van der Waals surface area contributed by atoms with Crippen LogP contribution in [-0.4, -0.2) is 6.61 Å². The van der Waals surface area contributed by atoms with Crippen LogP contribution in [0.5, 0.6) is 0 Å². The lowest BCUT2D eigenvalue weighted by atomic mass is 10.1. The molecule has 2 rings (SSSR count). The van der Waals surface area contributed by atoms with Gasteiger partial charge in [-0.05, 0) is 23.6 Å². The Morgan fingerprint density at radius 1 is 0.882 bits per heavy atom. The lowest BCUT2D eigenvalue weighted by molar-refractivity contribution is 0.124. The van der Waals surface area contributed by atoms with E-state index in [4.69, 9.17) is 10.5 Å². The van der Waals surface area contributed by atoms with Crippen LogP contribution in [0.1, 0.15) is 11.1 Å². The van der Waals surface area contributed by atoms with Gasteiger partial charge in [0.25, 0.3) is 0 Å². The number of rotatable bonds is 5. The summed E-state index contributed by atoms with van der Waals surface area (Å²) in [5, 5.41) is 0. The highest BCUT2D eigenvalue weighted by Gasteiger charge is 1.98. The van der Waals surface area contributed by atoms with Crippen LogP contribution in [0.2, 0.25) is 0 Å². The molecule has 0 radical (unpaired) electrons. The maximum absolute atomic E-state index is 5.86. The Morgan fingerprint density at radius 2 is 1.59 bits per heavy atom. The second-order valence-corrected chi connectivity index (χ2v) is 3.99. The predicted molar refractivity (Wildman–Crippen MR) is 70.7 cm³/mol. The summed E-state index contributed by atoms with van der Waals surface area (Å²) in [6.45, 7) is 1.36. The molecule has 0 aliphatic rings. The van der Waals surface area contributed by atoms with Crippen molar-refractivity contribution in [2.24, 2.45) is 0 Å². The van der Waals surface area contributed by atoms with Crippen molar-refractivity contribution in [1.82, 2.24) is 0 Å². The number of benzene rings is 2. The molecule has 0 saturated heterocycles. The van der Waals surface area contributed by atoms with Crippen molar-refractivity contribution in [3.8, 4) is 0 Å². The van der Waals surface area contributed by atoms with Crippen LogP contribution in [0, 0.1) is 0 Å². The van der Waals surface area contributed by atoms with E-state index in [1.807, 2.05) is 42.5 Å². The lowest BCUT2D eigenvalue weighted by Gasteiger charge is -2.06. The van der Waals surface area contributed by atoms with Crippen molar-refractivity contribution >= 4 is 5.69 Å². The Labute approximate surface area is 102 Å². The third kappa shape index (κ3) is 3.61. The quantitative estimate of drug-likeness (QED) is 0.629. The van der Waals surface area contributed by atoms with Gasteiger partial charge in [0.15, 0.2) is 0 Å². The molecule has 0 saturated carbocycles. The van der Waals surface area contributed by atoms with Crippen LogP contribution in [0.3, 0.4) is 0 Å². The average molecular weight is 227 g/mol. The Morgan fingerprint density at radius 3 is 2.35 bits per heavy atom. The molecule has 2 aromatic rings. The molecule has 0 heterocycles. The minimum absolute atomic E-state index is 0.660. The first-order valence-electron chi connectivity index (χ1n) is 5.81. The van der Waals surface area contributed by atoms with Crippen molar-refractivity contribution in [3.05, 3.63) is 65.7 Å². The number of nitrogen functional groups attached to an aromatic ring is 1. The summed E-state index contributed by atoms with van der Waals surface area (Å²) < 4.78 is 5.62. The van der Waals surface area contributed by atoms with Crippen molar-refractivity contribution in [1.29, 1.82) is 0 Å². The van der Waals surface area contributed by atoms with Gasteiger partial charge in [-0.1, -0.05) is 48.5 Å². The second kappa shape index (κ2) is 6.06. The van der Waals surface area contributed by atoms with Crippen LogP contribution in [0.25, 0.3) is 0 Å². The van der Waals surface area contributed by atoms with E-state index < -0.39 is 0 Å². The van der Waals surface area contributed by atoms with E-state index in [-0.39, 0.29) is 0 Å². The zero-order valence-corrected chi connectivity index (χ0v) is 9.80. The molecule has 0 unspecified atom stereocenters. The molecule has 0 spiro atoms. The number of anilines is 1. The van der Waals surface area contributed by atoms with E-state index in [2.05, 4.69) is 12.1 Å². The number of hydrogen-bond donors (Lipinski definition) is 1. The highest BCUT2D eigenvalue weighted by atomic mass is 16.5. The number of ether oxygens (including phenoxy) is 1. The van der Waals surface area contributed by atoms with E-state index in [1.54, 1.807) is 0 Å². The normalized spacial score (nSPS) is 10.4. The summed E-state index contributed by atoms with van der Waals surface area (Å²) in [5.74, 6) is 0. The molecule has 88 valence electrons. The van der Waals surface area contributed by atoms with Crippen LogP contribution in [-0.2, 0) is 17.8 Å². The topological polar surface area (TPSA) is 35.2 Å². The monoisotopic (exact) mass is 227 g/mol. The summed E-state index contributed by atoms with van der Waals surface area (Å²) in [4.78, 5) is 0. The fraction of sp³-hybridized carbons (Fsp3) is 0.200. The molecule has 0 amide bonds. The van der Waals surface area contributed by atoms with E-state index in [0.29, 0.717) is 13.2 Å². The first kappa shape index (κ1) is 11.7. The molecular weight excluding hydrogens is 210 g/mol. The summed E-state index contributed by atoms with van der Waals surface area (Å²) >= 11 is 0. The first-order chi connectivity index (χ1) is 8.36. The molecule has 0 aliphatic carbocycles. The third-order valence-electron chi connectivity index (χ3n) is 2.68. The molecule has 0 fully saturated rings. The van der Waals surface area contributed by atoms with Crippen molar-refractivity contribution in [2.45, 2.75) is 13.0 Å². The molecule has 2 nitrogen and oxygen atoms in total. The van der Waals surface area contributed by atoms with Gasteiger partial charge >= 0.3 is 0 Å². The van der Waals surface area contributed by atoms with Crippen molar-refractivity contribution < 1.29 is 4.74 Å². The molecule has 2 N–H and O–H groups in total. The average Bonchev–Trinajstić information content (AvgIpc) is 2.38. The van der Waals surface area contributed by atoms with Crippen molar-refractivity contribution in [3.63, 3.8) is 0 Å². The standard InChI is InChI=1S/C15H17NO/c16-15-9-5-4-8-14(15)10-11-17-12-13-6-2-1-3-7-13/h1-9H,10-12,16H2. The van der Waals surface area contributed by atoms with Gasteiger partial charge in [-0.3, -0.25) is 0 Å². The molecule has 17 heavy (non-hydrogen) atoms. The summed E-state index contributed by atoms with van der Waals surface area (Å²) in [6, 6.07) is 18.1. The van der Waals surface area contributed by atoms with Gasteiger partial charge in [0, 0.05) is 5.69 Å². The van der Waals surface area contributed by atoms with E-state index in [0.717, 1.165) is 17.7 Å². The molecule has 2 heteroatoms. The maximum atomic E-state index is 5.86. The number of hydrogen-bond acceptors (Lipinski definition) is 2. The molecule has 0 aromatic heterocycles. The van der Waals surface area contributed by atoms with E-state index >= 15 is 0 Å². The van der Waals surface area contributed by atoms with Crippen LogP contribution in [0.15, 0.2) is 54.6 Å². The summed E-state index contributed by atoms with van der Waals surface area (Å²) in [7, 11) is 0. The number of nitrogens with two attached hydrogens (primary N) is 1. The molecule has 0 atom stereocenters. The summed E-state index contributed by atoms with van der Waals surface area (Å²) in [6.07, 6.45) is 0.861. The van der Waals surface area contributed by atoms with Gasteiger partial charge in [-0.15, -0.1) is 0 Å². The Kier molecular flexibility index (Phi) is 4.17. The molecular formula is C15H17NO. The fourth-order valence-electron chi connectivity index (χ4n) is 1.71. The van der Waals surface area contributed by atoms with Crippen LogP contribution in [0.4, 0.5) is 5.69 Å². The SMILES string of the molecule is Nc1ccccc1CCOCc1ccccc1. The zero-order chi connectivity index (χ0) is 11.9. The molecule has 0 bridgehead atoms. The minimum atomic E-state index is 0.660. The highest BCUT2D eigenvalue weighted by Crippen LogP contribution is 2.11. The van der Waals surface area contributed by atoms with E-state index in [1.165, 1.54) is 5.56 Å². The van der Waals surface area contributed by atoms with Gasteiger partial charge in [-0.25, -0.2) is 0 Å². The lowest BCUT2D eigenvalue weighted by Crippen LogP contribution is -2.01. The van der Waals surface area contributed by atoms with Gasteiger partial charge < -0.3 is 10.5 Å². The van der Waals surface area contributed by atoms with Crippen LogP contribution < -0.4 is 5.73 Å². The highest BCUT2D eigenvalue weighted by molar-refractivity contribution is 5.46. The predicted octanol–water partition coefficient (Wildman–Crippen LogP) is 3.03. The number of para-hydroxylation sites is 1.